The molecule has 8 heteroatoms. The van der Waals surface area contributed by atoms with Crippen molar-refractivity contribution in [1.82, 2.24) is 4.90 Å². The molecule has 0 N–H and O–H groups in total. The van der Waals surface area contributed by atoms with Crippen LogP contribution < -0.4 is 0 Å². The smallest absolute Gasteiger partial charge is 0.320 e. The SMILES string of the molecule is CN(CCOC(=O)CCl)CCOC(=O)CCl.Cl. The zero-order valence-corrected chi connectivity index (χ0v) is 11.8. The van der Waals surface area contributed by atoms with Crippen LogP contribution in [-0.4, -0.2) is 61.9 Å². The first-order valence-electron chi connectivity index (χ1n) is 4.72. The number of hydrogen-bond acceptors (Lipinski definition) is 5. The fraction of sp³-hybridized carbons (Fsp3) is 0.778. The molecule has 0 fully saturated rings. The predicted molar refractivity (Wildman–Crippen MR) is 68.1 cm³/mol. The summed E-state index contributed by atoms with van der Waals surface area (Å²) in [6.07, 6.45) is 0. The Morgan fingerprint density at radius 1 is 1.00 bits per heavy atom. The summed E-state index contributed by atoms with van der Waals surface area (Å²) in [5, 5.41) is 0. The Hall–Kier alpha value is -0.230. The topological polar surface area (TPSA) is 55.8 Å². The van der Waals surface area contributed by atoms with Gasteiger partial charge in [0, 0.05) is 13.1 Å². The van der Waals surface area contributed by atoms with Gasteiger partial charge in [-0.1, -0.05) is 0 Å². The second-order valence-corrected chi connectivity index (χ2v) is 3.55. The number of halogens is 3. The molecule has 102 valence electrons. The van der Waals surface area contributed by atoms with Gasteiger partial charge in [0.2, 0.25) is 0 Å². The molecule has 0 aliphatic rings. The molecule has 0 aliphatic heterocycles. The van der Waals surface area contributed by atoms with Gasteiger partial charge in [-0.05, 0) is 7.05 Å². The molecule has 0 saturated carbocycles. The summed E-state index contributed by atoms with van der Waals surface area (Å²) >= 11 is 10.5. The van der Waals surface area contributed by atoms with Gasteiger partial charge in [0.15, 0.2) is 0 Å². The fourth-order valence-corrected chi connectivity index (χ4v) is 0.974. The van der Waals surface area contributed by atoms with E-state index in [1.807, 2.05) is 11.9 Å². The predicted octanol–water partition coefficient (Wildman–Crippen LogP) is 0.904. The lowest BCUT2D eigenvalue weighted by molar-refractivity contribution is -0.141. The summed E-state index contributed by atoms with van der Waals surface area (Å²) in [6.45, 7) is 1.65. The summed E-state index contributed by atoms with van der Waals surface area (Å²) in [5.41, 5.74) is 0. The van der Waals surface area contributed by atoms with E-state index in [9.17, 15) is 9.59 Å². The first kappa shape index (κ1) is 19.1. The molecule has 0 aliphatic carbocycles. The van der Waals surface area contributed by atoms with E-state index in [0.717, 1.165) is 0 Å². The molecule has 0 unspecified atom stereocenters. The van der Waals surface area contributed by atoms with Crippen molar-refractivity contribution in [1.29, 1.82) is 0 Å². The van der Waals surface area contributed by atoms with Gasteiger partial charge < -0.3 is 9.47 Å². The Balaban J connectivity index is 0. The highest BCUT2D eigenvalue weighted by atomic mass is 35.5. The summed E-state index contributed by atoms with van der Waals surface area (Å²) in [5.74, 6) is -1.17. The Kier molecular flexibility index (Phi) is 13.8. The standard InChI is InChI=1S/C9H15Cl2NO4.ClH/c1-12(2-4-15-8(13)6-10)3-5-16-9(14)7-11;/h2-7H2,1H3;1H. The van der Waals surface area contributed by atoms with E-state index in [1.165, 1.54) is 0 Å². The van der Waals surface area contributed by atoms with Crippen molar-refractivity contribution in [2.24, 2.45) is 0 Å². The lowest BCUT2D eigenvalue weighted by Gasteiger charge is -2.15. The highest BCUT2D eigenvalue weighted by Gasteiger charge is 2.04. The molecule has 0 spiro atoms. The third kappa shape index (κ3) is 12.0. The molecule has 0 amide bonds. The van der Waals surface area contributed by atoms with Crippen LogP contribution in [0.5, 0.6) is 0 Å². The van der Waals surface area contributed by atoms with E-state index >= 15 is 0 Å². The molecule has 5 nitrogen and oxygen atoms in total. The number of likely N-dealkylation sites (N-methyl/N-ethyl adjacent to an activating group) is 1. The Bertz CT molecular complexity index is 206. The first-order chi connectivity index (χ1) is 7.60. The minimum Gasteiger partial charge on any atom is -0.463 e. The van der Waals surface area contributed by atoms with Crippen molar-refractivity contribution >= 4 is 47.5 Å². The summed E-state index contributed by atoms with van der Waals surface area (Å²) in [7, 11) is 1.82. The first-order valence-corrected chi connectivity index (χ1v) is 5.78. The zero-order valence-electron chi connectivity index (χ0n) is 9.49. The minimum absolute atomic E-state index is 0. The van der Waals surface area contributed by atoms with Crippen LogP contribution >= 0.6 is 35.6 Å². The summed E-state index contributed by atoms with van der Waals surface area (Å²) in [4.78, 5) is 23.2. The van der Waals surface area contributed by atoms with Crippen LogP contribution in [0.3, 0.4) is 0 Å². The zero-order chi connectivity index (χ0) is 12.4. The average molecular weight is 309 g/mol. The van der Waals surface area contributed by atoms with Crippen LogP contribution in [-0.2, 0) is 19.1 Å². The maximum absolute atomic E-state index is 10.7. The maximum atomic E-state index is 10.7. The van der Waals surface area contributed by atoms with Gasteiger partial charge in [-0.25, -0.2) is 0 Å². The quantitative estimate of drug-likeness (QED) is 0.493. The van der Waals surface area contributed by atoms with Crippen molar-refractivity contribution in [2.75, 3.05) is 45.1 Å². The molecule has 17 heavy (non-hydrogen) atoms. The highest BCUT2D eigenvalue weighted by Crippen LogP contribution is 1.88. The molecule has 0 aromatic heterocycles. The Morgan fingerprint density at radius 2 is 1.35 bits per heavy atom. The van der Waals surface area contributed by atoms with E-state index in [2.05, 4.69) is 0 Å². The van der Waals surface area contributed by atoms with Crippen LogP contribution in [0.4, 0.5) is 0 Å². The fourth-order valence-electron chi connectivity index (χ4n) is 0.820. The Morgan fingerprint density at radius 3 is 1.65 bits per heavy atom. The number of carbonyl (C=O) groups is 2. The number of rotatable bonds is 8. The van der Waals surface area contributed by atoms with Crippen LogP contribution in [0.1, 0.15) is 0 Å². The molecule has 0 atom stereocenters. The van der Waals surface area contributed by atoms with Crippen LogP contribution in [0, 0.1) is 0 Å². The molecule has 0 saturated heterocycles. The number of carbonyl (C=O) groups excluding carboxylic acids is 2. The summed E-state index contributed by atoms with van der Waals surface area (Å²) in [6, 6.07) is 0. The largest absolute Gasteiger partial charge is 0.463 e. The minimum atomic E-state index is -0.441. The van der Waals surface area contributed by atoms with Crippen LogP contribution in [0.2, 0.25) is 0 Å². The van der Waals surface area contributed by atoms with Crippen LogP contribution in [0.15, 0.2) is 0 Å². The summed E-state index contributed by atoms with van der Waals surface area (Å²) < 4.78 is 9.54. The molecule has 0 rings (SSSR count). The monoisotopic (exact) mass is 307 g/mol. The lowest BCUT2D eigenvalue weighted by atomic mass is 10.5. The van der Waals surface area contributed by atoms with Crippen molar-refractivity contribution in [3.8, 4) is 0 Å². The van der Waals surface area contributed by atoms with Crippen LogP contribution in [0.25, 0.3) is 0 Å². The maximum Gasteiger partial charge on any atom is 0.320 e. The third-order valence-electron chi connectivity index (χ3n) is 1.69. The van der Waals surface area contributed by atoms with E-state index in [-0.39, 0.29) is 37.4 Å². The van der Waals surface area contributed by atoms with Crippen molar-refractivity contribution in [3.63, 3.8) is 0 Å². The number of nitrogens with zero attached hydrogens (tertiary/aromatic N) is 1. The van der Waals surface area contributed by atoms with Gasteiger partial charge >= 0.3 is 11.9 Å². The lowest BCUT2D eigenvalue weighted by Crippen LogP contribution is -2.28. The van der Waals surface area contributed by atoms with Gasteiger partial charge in [0.25, 0.3) is 0 Å². The number of hydrogen-bond donors (Lipinski definition) is 0. The number of alkyl halides is 2. The highest BCUT2D eigenvalue weighted by molar-refractivity contribution is 6.26. The van der Waals surface area contributed by atoms with Crippen molar-refractivity contribution < 1.29 is 19.1 Å². The van der Waals surface area contributed by atoms with Gasteiger partial charge in [0.05, 0.1) is 0 Å². The van der Waals surface area contributed by atoms with Crippen molar-refractivity contribution in [3.05, 3.63) is 0 Å². The molecule has 0 heterocycles. The third-order valence-corrected chi connectivity index (χ3v) is 2.13. The van der Waals surface area contributed by atoms with Crippen molar-refractivity contribution in [2.45, 2.75) is 0 Å². The van der Waals surface area contributed by atoms with E-state index in [4.69, 9.17) is 32.7 Å². The van der Waals surface area contributed by atoms with E-state index in [1.54, 1.807) is 0 Å². The molecular formula is C9H16Cl3NO4. The van der Waals surface area contributed by atoms with Gasteiger partial charge in [0.1, 0.15) is 25.0 Å². The van der Waals surface area contributed by atoms with E-state index < -0.39 is 11.9 Å². The molecule has 0 aromatic rings. The second-order valence-electron chi connectivity index (χ2n) is 3.01. The number of esters is 2. The van der Waals surface area contributed by atoms with Gasteiger partial charge in [-0.15, -0.1) is 35.6 Å². The average Bonchev–Trinajstić information content (AvgIpc) is 2.28. The molecular weight excluding hydrogens is 292 g/mol. The second kappa shape index (κ2) is 12.2. The normalized spacial score (nSPS) is 9.65. The molecule has 0 bridgehead atoms. The van der Waals surface area contributed by atoms with Gasteiger partial charge in [-0.3, -0.25) is 14.5 Å². The molecule has 0 radical (unpaired) electrons. The van der Waals surface area contributed by atoms with Gasteiger partial charge in [-0.2, -0.15) is 0 Å². The number of ether oxygens (including phenoxy) is 2. The van der Waals surface area contributed by atoms with E-state index in [0.29, 0.717) is 13.1 Å². The molecule has 0 aromatic carbocycles. The Labute approximate surface area is 117 Å².